The van der Waals surface area contributed by atoms with Gasteiger partial charge >= 0.3 is 0 Å². The van der Waals surface area contributed by atoms with Crippen LogP contribution in [0, 0.1) is 17.2 Å². The van der Waals surface area contributed by atoms with Crippen LogP contribution < -0.4 is 5.32 Å². The van der Waals surface area contributed by atoms with E-state index < -0.39 is 0 Å². The Balaban J connectivity index is 2.07. The first kappa shape index (κ1) is 11.0. The third-order valence-corrected chi connectivity index (χ3v) is 3.53. The van der Waals surface area contributed by atoms with Crippen LogP contribution in [0.1, 0.15) is 12.5 Å². The van der Waals surface area contributed by atoms with Crippen molar-refractivity contribution in [2.75, 3.05) is 17.6 Å². The van der Waals surface area contributed by atoms with Gasteiger partial charge in [0, 0.05) is 18.0 Å². The summed E-state index contributed by atoms with van der Waals surface area (Å²) >= 11 is 1.74. The molecule has 4 heteroatoms. The average Bonchev–Trinajstić information content (AvgIpc) is 2.32. The lowest BCUT2D eigenvalue weighted by Crippen LogP contribution is -2.18. The average molecular weight is 231 g/mol. The number of nitrogens with zero attached hydrogens (tertiary/aromatic N) is 2. The van der Waals surface area contributed by atoms with Crippen molar-refractivity contribution in [1.82, 2.24) is 0 Å². The molecule has 0 amide bonds. The molecule has 3 nitrogen and oxygen atoms in total. The summed E-state index contributed by atoms with van der Waals surface area (Å²) in [6.07, 6.45) is 0. The van der Waals surface area contributed by atoms with E-state index in [9.17, 15) is 0 Å². The van der Waals surface area contributed by atoms with E-state index in [0.29, 0.717) is 11.5 Å². The number of amidine groups is 1. The second kappa shape index (κ2) is 5.04. The Labute approximate surface area is 99.6 Å². The molecule has 82 valence electrons. The molecule has 1 atom stereocenters. The number of hydrogen-bond acceptors (Lipinski definition) is 4. The van der Waals surface area contributed by atoms with Crippen molar-refractivity contribution in [2.45, 2.75) is 6.92 Å². The normalized spacial score (nSPS) is 19.8. The number of aliphatic imine (C=N–C) groups is 1. The van der Waals surface area contributed by atoms with Crippen LogP contribution in [0.4, 0.5) is 5.69 Å². The van der Waals surface area contributed by atoms with Gasteiger partial charge in [-0.05, 0) is 24.1 Å². The molecule has 1 aliphatic rings. The van der Waals surface area contributed by atoms with Crippen LogP contribution in [0.2, 0.25) is 0 Å². The maximum Gasteiger partial charge on any atom is 0.161 e. The summed E-state index contributed by atoms with van der Waals surface area (Å²) in [4.78, 5) is 4.45. The molecule has 1 unspecified atom stereocenters. The van der Waals surface area contributed by atoms with Crippen LogP contribution in [0.3, 0.4) is 0 Å². The molecular weight excluding hydrogens is 218 g/mol. The Bertz CT molecular complexity index is 448. The Kier molecular flexibility index (Phi) is 3.47. The first-order chi connectivity index (χ1) is 7.78. The van der Waals surface area contributed by atoms with E-state index in [0.717, 1.165) is 23.2 Å². The predicted molar refractivity (Wildman–Crippen MR) is 68.7 cm³/mol. The fourth-order valence-electron chi connectivity index (χ4n) is 1.42. The Morgan fingerprint density at radius 1 is 1.56 bits per heavy atom. The summed E-state index contributed by atoms with van der Waals surface area (Å²) < 4.78 is 0. The minimum Gasteiger partial charge on any atom is -0.335 e. The van der Waals surface area contributed by atoms with E-state index in [2.05, 4.69) is 23.3 Å². The van der Waals surface area contributed by atoms with Gasteiger partial charge in [0.1, 0.15) is 0 Å². The second-order valence-corrected chi connectivity index (χ2v) is 4.89. The van der Waals surface area contributed by atoms with Crippen LogP contribution in [0.15, 0.2) is 29.3 Å². The Morgan fingerprint density at radius 3 is 3.12 bits per heavy atom. The van der Waals surface area contributed by atoms with E-state index in [-0.39, 0.29) is 0 Å². The molecule has 2 rings (SSSR count). The zero-order chi connectivity index (χ0) is 11.4. The second-order valence-electron chi connectivity index (χ2n) is 3.88. The SMILES string of the molecule is CC1CN=C(Nc2cccc(C#N)c2)SC1. The maximum absolute atomic E-state index is 8.79. The number of hydrogen-bond donors (Lipinski definition) is 1. The van der Waals surface area contributed by atoms with Crippen LogP contribution in [-0.2, 0) is 0 Å². The molecule has 0 radical (unpaired) electrons. The zero-order valence-corrected chi connectivity index (χ0v) is 9.92. The summed E-state index contributed by atoms with van der Waals surface area (Å²) in [5.41, 5.74) is 1.60. The molecular formula is C12H13N3S. The summed E-state index contributed by atoms with van der Waals surface area (Å²) in [7, 11) is 0. The standard InChI is InChI=1S/C12H13N3S/c1-9-7-14-12(16-8-9)15-11-4-2-3-10(5-11)6-13/h2-5,9H,7-8H2,1H3,(H,14,15). The lowest BCUT2D eigenvalue weighted by Gasteiger charge is -2.17. The molecule has 1 aromatic carbocycles. The van der Waals surface area contributed by atoms with Crippen LogP contribution in [-0.4, -0.2) is 17.5 Å². The van der Waals surface area contributed by atoms with Crippen molar-refractivity contribution in [1.29, 1.82) is 5.26 Å². The smallest absolute Gasteiger partial charge is 0.161 e. The molecule has 0 saturated heterocycles. The third kappa shape index (κ3) is 2.77. The number of benzene rings is 1. The summed E-state index contributed by atoms with van der Waals surface area (Å²) in [6.45, 7) is 3.08. The van der Waals surface area contributed by atoms with Gasteiger partial charge in [-0.2, -0.15) is 5.26 Å². The number of nitrogens with one attached hydrogen (secondary N) is 1. The van der Waals surface area contributed by atoms with Crippen molar-refractivity contribution in [3.63, 3.8) is 0 Å². The van der Waals surface area contributed by atoms with Crippen LogP contribution >= 0.6 is 11.8 Å². The van der Waals surface area contributed by atoms with Crippen molar-refractivity contribution in [2.24, 2.45) is 10.9 Å². The molecule has 1 heterocycles. The largest absolute Gasteiger partial charge is 0.335 e. The highest BCUT2D eigenvalue weighted by Gasteiger charge is 2.11. The maximum atomic E-state index is 8.79. The number of thioether (sulfide) groups is 1. The number of anilines is 1. The van der Waals surface area contributed by atoms with Gasteiger partial charge in [-0.15, -0.1) is 0 Å². The fourth-order valence-corrected chi connectivity index (χ4v) is 2.33. The van der Waals surface area contributed by atoms with Gasteiger partial charge < -0.3 is 5.32 Å². The van der Waals surface area contributed by atoms with Gasteiger partial charge in [-0.3, -0.25) is 4.99 Å². The van der Waals surface area contributed by atoms with Crippen molar-refractivity contribution in [3.05, 3.63) is 29.8 Å². The molecule has 0 saturated carbocycles. The topological polar surface area (TPSA) is 48.2 Å². The van der Waals surface area contributed by atoms with Crippen LogP contribution in [0.25, 0.3) is 0 Å². The van der Waals surface area contributed by atoms with E-state index in [1.165, 1.54) is 0 Å². The molecule has 0 spiro atoms. The Hall–Kier alpha value is -1.47. The highest BCUT2D eigenvalue weighted by Crippen LogP contribution is 2.19. The van der Waals surface area contributed by atoms with Gasteiger partial charge in [0.2, 0.25) is 0 Å². The number of rotatable bonds is 1. The highest BCUT2D eigenvalue weighted by molar-refractivity contribution is 8.14. The first-order valence-electron chi connectivity index (χ1n) is 5.22. The van der Waals surface area contributed by atoms with Crippen LogP contribution in [0.5, 0.6) is 0 Å². The van der Waals surface area contributed by atoms with Gasteiger partial charge in [-0.25, -0.2) is 0 Å². The minimum atomic E-state index is 0.654. The molecule has 1 aliphatic heterocycles. The van der Waals surface area contributed by atoms with Crippen molar-refractivity contribution in [3.8, 4) is 6.07 Å². The van der Waals surface area contributed by atoms with Gasteiger partial charge in [0.05, 0.1) is 11.6 Å². The lowest BCUT2D eigenvalue weighted by molar-refractivity contribution is 0.674. The van der Waals surface area contributed by atoms with Crippen molar-refractivity contribution < 1.29 is 0 Å². The fraction of sp³-hybridized carbons (Fsp3) is 0.333. The molecule has 0 bridgehead atoms. The number of nitriles is 1. The summed E-state index contributed by atoms with van der Waals surface area (Å²) in [5, 5.41) is 13.0. The predicted octanol–water partition coefficient (Wildman–Crippen LogP) is 2.71. The summed E-state index contributed by atoms with van der Waals surface area (Å²) in [6, 6.07) is 9.57. The minimum absolute atomic E-state index is 0.654. The summed E-state index contributed by atoms with van der Waals surface area (Å²) in [5.74, 6) is 1.75. The van der Waals surface area contributed by atoms with E-state index in [1.54, 1.807) is 17.8 Å². The monoisotopic (exact) mass is 231 g/mol. The van der Waals surface area contributed by atoms with Gasteiger partial charge in [0.15, 0.2) is 5.17 Å². The van der Waals surface area contributed by atoms with E-state index in [4.69, 9.17) is 5.26 Å². The molecule has 0 fully saturated rings. The van der Waals surface area contributed by atoms with Gasteiger partial charge in [-0.1, -0.05) is 24.8 Å². The first-order valence-corrected chi connectivity index (χ1v) is 6.21. The van der Waals surface area contributed by atoms with Crippen molar-refractivity contribution >= 4 is 22.6 Å². The Morgan fingerprint density at radius 2 is 2.44 bits per heavy atom. The molecule has 16 heavy (non-hydrogen) atoms. The lowest BCUT2D eigenvalue weighted by atomic mass is 10.2. The van der Waals surface area contributed by atoms with E-state index >= 15 is 0 Å². The third-order valence-electron chi connectivity index (χ3n) is 2.29. The van der Waals surface area contributed by atoms with E-state index in [1.807, 2.05) is 18.2 Å². The quantitative estimate of drug-likeness (QED) is 0.808. The molecule has 0 aliphatic carbocycles. The molecule has 1 N–H and O–H groups in total. The highest BCUT2D eigenvalue weighted by atomic mass is 32.2. The van der Waals surface area contributed by atoms with Gasteiger partial charge in [0.25, 0.3) is 0 Å². The zero-order valence-electron chi connectivity index (χ0n) is 9.10. The molecule has 1 aromatic rings. The molecule has 0 aromatic heterocycles.